The van der Waals surface area contributed by atoms with Crippen LogP contribution < -0.4 is 0 Å². The first-order valence-corrected chi connectivity index (χ1v) is 6.47. The fraction of sp³-hybridized carbons (Fsp3) is 0.429. The normalized spacial score (nSPS) is 13.7. The molecule has 0 fully saturated rings. The number of hydrogen-bond donors (Lipinski definition) is 0. The van der Waals surface area contributed by atoms with Crippen molar-refractivity contribution in [3.05, 3.63) is 29.7 Å². The molecule has 0 radical (unpaired) electrons. The second kappa shape index (κ2) is 5.80. The third-order valence-corrected chi connectivity index (χ3v) is 3.15. The zero-order chi connectivity index (χ0) is 14.6. The fourth-order valence-electron chi connectivity index (χ4n) is 1.77. The van der Waals surface area contributed by atoms with Crippen LogP contribution in [0.4, 0.5) is 0 Å². The quantitative estimate of drug-likeness (QED) is 0.831. The van der Waals surface area contributed by atoms with E-state index in [9.17, 15) is 0 Å². The van der Waals surface area contributed by atoms with Crippen LogP contribution in [-0.4, -0.2) is 21.7 Å². The van der Waals surface area contributed by atoms with Gasteiger partial charge in [-0.3, -0.25) is 0 Å². The molecule has 0 saturated carbocycles. The van der Waals surface area contributed by atoms with Crippen LogP contribution in [0.15, 0.2) is 22.9 Å². The zero-order valence-corrected chi connectivity index (χ0v) is 11.8. The molecule has 0 aliphatic carbocycles. The molecular weight excluding hydrogens is 256 g/mol. The molecule has 0 bridgehead atoms. The molecule has 2 aromatic heterocycles. The van der Waals surface area contributed by atoms with Gasteiger partial charge in [0.15, 0.2) is 0 Å². The number of ether oxygens (including phenoxy) is 1. The van der Waals surface area contributed by atoms with Crippen LogP contribution in [0.5, 0.6) is 0 Å². The summed E-state index contributed by atoms with van der Waals surface area (Å²) in [4.78, 5) is 8.48. The molecule has 0 amide bonds. The molecule has 20 heavy (non-hydrogen) atoms. The molecule has 1 unspecified atom stereocenters. The van der Waals surface area contributed by atoms with E-state index in [1.54, 1.807) is 12.1 Å². The van der Waals surface area contributed by atoms with Gasteiger partial charge in [-0.05, 0) is 32.4 Å². The first-order valence-electron chi connectivity index (χ1n) is 6.47. The van der Waals surface area contributed by atoms with Crippen LogP contribution in [0.2, 0.25) is 0 Å². The van der Waals surface area contributed by atoms with E-state index in [2.05, 4.69) is 15.1 Å². The third kappa shape index (κ3) is 2.68. The van der Waals surface area contributed by atoms with Gasteiger partial charge < -0.3 is 9.26 Å². The molecule has 6 nitrogen and oxygen atoms in total. The molecule has 0 spiro atoms. The number of pyridine rings is 1. The Morgan fingerprint density at radius 2 is 2.20 bits per heavy atom. The Morgan fingerprint density at radius 1 is 1.40 bits per heavy atom. The number of hydrogen-bond acceptors (Lipinski definition) is 6. The van der Waals surface area contributed by atoms with Gasteiger partial charge in [-0.1, -0.05) is 12.1 Å². The van der Waals surface area contributed by atoms with Crippen molar-refractivity contribution in [3.63, 3.8) is 0 Å². The lowest BCUT2D eigenvalue weighted by Crippen LogP contribution is -2.26. The third-order valence-electron chi connectivity index (χ3n) is 3.15. The van der Waals surface area contributed by atoms with Crippen molar-refractivity contribution >= 4 is 0 Å². The zero-order valence-electron chi connectivity index (χ0n) is 11.8. The summed E-state index contributed by atoms with van der Waals surface area (Å²) in [5.74, 6) is 0.826. The Labute approximate surface area is 117 Å². The van der Waals surface area contributed by atoms with Crippen LogP contribution in [0.1, 0.15) is 38.6 Å². The van der Waals surface area contributed by atoms with E-state index >= 15 is 0 Å². The number of aromatic nitrogens is 3. The highest BCUT2D eigenvalue weighted by atomic mass is 16.5. The highest BCUT2D eigenvalue weighted by Crippen LogP contribution is 2.28. The lowest BCUT2D eigenvalue weighted by molar-refractivity contribution is -0.0403. The Balaban J connectivity index is 2.30. The molecule has 2 heterocycles. The molecule has 104 valence electrons. The van der Waals surface area contributed by atoms with E-state index in [0.717, 1.165) is 6.42 Å². The van der Waals surface area contributed by atoms with E-state index in [1.807, 2.05) is 26.8 Å². The minimum atomic E-state index is -0.566. The van der Waals surface area contributed by atoms with Crippen LogP contribution in [0.3, 0.4) is 0 Å². The smallest absolute Gasteiger partial charge is 0.276 e. The summed E-state index contributed by atoms with van der Waals surface area (Å²) in [5.41, 5.74) is 0.460. The van der Waals surface area contributed by atoms with Gasteiger partial charge in [0.1, 0.15) is 17.4 Å². The van der Waals surface area contributed by atoms with Crippen LogP contribution in [0.25, 0.3) is 11.6 Å². The number of rotatable bonds is 5. The molecule has 6 heteroatoms. The topological polar surface area (TPSA) is 84.8 Å². The molecule has 0 aromatic carbocycles. The molecule has 2 rings (SSSR count). The van der Waals surface area contributed by atoms with E-state index in [1.165, 1.54) is 6.20 Å². The van der Waals surface area contributed by atoms with E-state index in [-0.39, 0.29) is 0 Å². The minimum Gasteiger partial charge on any atom is -0.367 e. The van der Waals surface area contributed by atoms with Crippen LogP contribution in [0, 0.1) is 11.3 Å². The van der Waals surface area contributed by atoms with Crippen molar-refractivity contribution in [2.24, 2.45) is 0 Å². The van der Waals surface area contributed by atoms with E-state index in [0.29, 0.717) is 29.6 Å². The summed E-state index contributed by atoms with van der Waals surface area (Å²) >= 11 is 0. The van der Waals surface area contributed by atoms with E-state index < -0.39 is 5.60 Å². The second-order valence-corrected chi connectivity index (χ2v) is 4.48. The fourth-order valence-corrected chi connectivity index (χ4v) is 1.77. The molecule has 0 N–H and O–H groups in total. The van der Waals surface area contributed by atoms with Gasteiger partial charge in [-0.15, -0.1) is 0 Å². The van der Waals surface area contributed by atoms with Crippen molar-refractivity contribution in [1.29, 1.82) is 5.26 Å². The second-order valence-electron chi connectivity index (χ2n) is 4.48. The predicted molar refractivity (Wildman–Crippen MR) is 71.5 cm³/mol. The van der Waals surface area contributed by atoms with Crippen molar-refractivity contribution < 1.29 is 9.26 Å². The van der Waals surface area contributed by atoms with Gasteiger partial charge in [0.05, 0.1) is 5.56 Å². The number of nitrogens with zero attached hydrogens (tertiary/aromatic N) is 4. The Kier molecular flexibility index (Phi) is 4.11. The van der Waals surface area contributed by atoms with Gasteiger partial charge in [-0.2, -0.15) is 10.2 Å². The maximum Gasteiger partial charge on any atom is 0.276 e. The van der Waals surface area contributed by atoms with Gasteiger partial charge in [0, 0.05) is 12.8 Å². The predicted octanol–water partition coefficient (Wildman–Crippen LogP) is 2.66. The summed E-state index contributed by atoms with van der Waals surface area (Å²) in [7, 11) is 0. The van der Waals surface area contributed by atoms with E-state index in [4.69, 9.17) is 14.5 Å². The summed E-state index contributed by atoms with van der Waals surface area (Å²) in [6.45, 7) is 6.43. The molecule has 2 aromatic rings. The maximum atomic E-state index is 8.74. The van der Waals surface area contributed by atoms with Crippen molar-refractivity contribution in [2.75, 3.05) is 6.61 Å². The Bertz CT molecular complexity index is 615. The SMILES string of the molecule is CCOC(C)(CC)c1noc(-c2ccc(C#N)cn2)n1. The summed E-state index contributed by atoms with van der Waals surface area (Å²) in [6, 6.07) is 5.35. The largest absolute Gasteiger partial charge is 0.367 e. The standard InChI is InChI=1S/C14H16N4O2/c1-4-14(3,19-5-2)13-17-12(20-18-13)11-7-6-10(8-15)9-16-11/h6-7,9H,4-5H2,1-3H3. The monoisotopic (exact) mass is 272 g/mol. The first-order chi connectivity index (χ1) is 9.62. The first kappa shape index (κ1) is 14.2. The Morgan fingerprint density at radius 3 is 2.75 bits per heavy atom. The number of nitriles is 1. The molecule has 0 aliphatic rings. The summed E-state index contributed by atoms with van der Waals surface area (Å²) in [6.07, 6.45) is 2.21. The minimum absolute atomic E-state index is 0.323. The van der Waals surface area contributed by atoms with Crippen molar-refractivity contribution in [2.45, 2.75) is 32.8 Å². The van der Waals surface area contributed by atoms with Crippen molar-refractivity contribution in [1.82, 2.24) is 15.1 Å². The van der Waals surface area contributed by atoms with Crippen molar-refractivity contribution in [3.8, 4) is 17.7 Å². The van der Waals surface area contributed by atoms with Gasteiger partial charge in [-0.25, -0.2) is 4.98 Å². The van der Waals surface area contributed by atoms with Gasteiger partial charge >= 0.3 is 0 Å². The van der Waals surface area contributed by atoms with Gasteiger partial charge in [0.2, 0.25) is 5.82 Å². The van der Waals surface area contributed by atoms with Gasteiger partial charge in [0.25, 0.3) is 5.89 Å². The van der Waals surface area contributed by atoms with Crippen LogP contribution >= 0.6 is 0 Å². The lowest BCUT2D eigenvalue weighted by atomic mass is 10.0. The lowest BCUT2D eigenvalue weighted by Gasteiger charge is -2.23. The highest BCUT2D eigenvalue weighted by molar-refractivity contribution is 5.47. The summed E-state index contributed by atoms with van der Waals surface area (Å²) < 4.78 is 10.9. The molecule has 0 aliphatic heterocycles. The Hall–Kier alpha value is -2.26. The average Bonchev–Trinajstić information content (AvgIpc) is 2.98. The maximum absolute atomic E-state index is 8.74. The molecule has 0 saturated heterocycles. The highest BCUT2D eigenvalue weighted by Gasteiger charge is 2.31. The average molecular weight is 272 g/mol. The summed E-state index contributed by atoms with van der Waals surface area (Å²) in [5, 5.41) is 12.7. The van der Waals surface area contributed by atoms with Crippen LogP contribution in [-0.2, 0) is 10.3 Å². The molecular formula is C14H16N4O2. The molecule has 1 atom stereocenters.